The molecule has 0 aliphatic rings. The molecule has 2 rings (SSSR count). The molecule has 0 saturated heterocycles. The van der Waals surface area contributed by atoms with Crippen molar-refractivity contribution in [1.82, 2.24) is 5.32 Å². The minimum absolute atomic E-state index is 0.0326. The van der Waals surface area contributed by atoms with E-state index in [1.807, 2.05) is 36.4 Å². The Bertz CT molecular complexity index is 938. The molecule has 0 aliphatic carbocycles. The van der Waals surface area contributed by atoms with Gasteiger partial charge in [-0.3, -0.25) is 4.79 Å². The zero-order valence-corrected chi connectivity index (χ0v) is 17.3. The Morgan fingerprint density at radius 2 is 1.68 bits per heavy atom. The van der Waals surface area contributed by atoms with Crippen molar-refractivity contribution in [2.24, 2.45) is 5.41 Å². The molecule has 0 radical (unpaired) electrons. The van der Waals surface area contributed by atoms with Gasteiger partial charge in [0, 0.05) is 0 Å². The maximum absolute atomic E-state index is 12.5. The number of nitrogens with one attached hydrogen (secondary N) is 1. The highest BCUT2D eigenvalue weighted by Gasteiger charge is 2.24. The smallest absolute Gasteiger partial charge is 0.235 e. The Morgan fingerprint density at radius 3 is 2.21 bits per heavy atom. The average Bonchev–Trinajstić information content (AvgIpc) is 2.60. The van der Waals surface area contributed by atoms with Crippen molar-refractivity contribution in [3.63, 3.8) is 0 Å². The number of benzene rings is 2. The number of nitrogens with zero attached hydrogens (tertiary/aromatic N) is 1. The van der Waals surface area contributed by atoms with E-state index >= 15 is 0 Å². The maximum atomic E-state index is 12.5. The highest BCUT2D eigenvalue weighted by Crippen LogP contribution is 2.29. The van der Waals surface area contributed by atoms with Gasteiger partial charge < -0.3 is 5.32 Å². The van der Waals surface area contributed by atoms with E-state index in [1.54, 1.807) is 24.3 Å². The Kier molecular flexibility index (Phi) is 6.98. The molecule has 2 aromatic carbocycles. The summed E-state index contributed by atoms with van der Waals surface area (Å²) in [4.78, 5) is 12.5. The predicted octanol–water partition coefficient (Wildman–Crippen LogP) is 3.77. The lowest BCUT2D eigenvalue weighted by molar-refractivity contribution is -0.119. The molecule has 1 unspecified atom stereocenters. The summed E-state index contributed by atoms with van der Waals surface area (Å²) >= 11 is 0. The summed E-state index contributed by atoms with van der Waals surface area (Å²) in [6.07, 6.45) is 0.693. The molecule has 148 valence electrons. The fourth-order valence-corrected chi connectivity index (χ4v) is 4.25. The lowest BCUT2D eigenvalue weighted by Gasteiger charge is -2.27. The number of rotatable bonds is 7. The lowest BCUT2D eigenvalue weighted by atomic mass is 9.85. The van der Waals surface area contributed by atoms with Crippen LogP contribution in [0.15, 0.2) is 54.6 Å². The second-order valence-electron chi connectivity index (χ2n) is 8.14. The van der Waals surface area contributed by atoms with E-state index in [9.17, 15) is 13.2 Å². The predicted molar refractivity (Wildman–Crippen MR) is 110 cm³/mol. The number of carbonyl (C=O) groups excluding carboxylic acids is 1. The Morgan fingerprint density at radius 1 is 1.07 bits per heavy atom. The van der Waals surface area contributed by atoms with E-state index < -0.39 is 21.5 Å². The number of hydrogen-bond donors (Lipinski definition) is 1. The van der Waals surface area contributed by atoms with Crippen molar-refractivity contribution in [3.8, 4) is 6.07 Å². The molecule has 6 heteroatoms. The van der Waals surface area contributed by atoms with Crippen LogP contribution in [0.2, 0.25) is 0 Å². The van der Waals surface area contributed by atoms with Gasteiger partial charge in [0.1, 0.15) is 5.75 Å². The zero-order chi connectivity index (χ0) is 20.8. The van der Waals surface area contributed by atoms with Gasteiger partial charge in [-0.2, -0.15) is 5.26 Å². The topological polar surface area (TPSA) is 87.0 Å². The summed E-state index contributed by atoms with van der Waals surface area (Å²) in [6, 6.07) is 17.6. The standard InChI is InChI=1S/C22H26N2O3S/c1-22(2,3)13-20(19-7-5-4-6-8-19)24-21(25)16-28(26,27)15-18-11-9-17(14-23)10-12-18/h4-12,20H,13,15-16H2,1-3H3,(H,24,25). The second kappa shape index (κ2) is 9.03. The molecule has 0 bridgehead atoms. The summed E-state index contributed by atoms with van der Waals surface area (Å²) in [5.74, 6) is -1.31. The molecule has 0 fully saturated rings. The van der Waals surface area contributed by atoms with Gasteiger partial charge in [-0.1, -0.05) is 63.2 Å². The maximum Gasteiger partial charge on any atom is 0.235 e. The van der Waals surface area contributed by atoms with Crippen LogP contribution in [0.5, 0.6) is 0 Å². The van der Waals surface area contributed by atoms with Gasteiger partial charge in [-0.05, 0) is 35.1 Å². The van der Waals surface area contributed by atoms with Crippen molar-refractivity contribution >= 4 is 15.7 Å². The summed E-state index contributed by atoms with van der Waals surface area (Å²) in [7, 11) is -3.62. The van der Waals surface area contributed by atoms with Crippen LogP contribution in [0.25, 0.3) is 0 Å². The number of hydrogen-bond acceptors (Lipinski definition) is 4. The van der Waals surface area contributed by atoms with E-state index in [1.165, 1.54) is 0 Å². The van der Waals surface area contributed by atoms with Crippen LogP contribution in [0.3, 0.4) is 0 Å². The lowest BCUT2D eigenvalue weighted by Crippen LogP contribution is -2.35. The molecule has 1 atom stereocenters. The summed E-state index contributed by atoms with van der Waals surface area (Å²) in [5.41, 5.74) is 1.94. The van der Waals surface area contributed by atoms with Gasteiger partial charge in [-0.15, -0.1) is 0 Å². The number of amides is 1. The van der Waals surface area contributed by atoms with Crippen molar-refractivity contribution in [2.45, 2.75) is 39.0 Å². The monoisotopic (exact) mass is 398 g/mol. The quantitative estimate of drug-likeness (QED) is 0.769. The van der Waals surface area contributed by atoms with Crippen molar-refractivity contribution in [3.05, 3.63) is 71.3 Å². The number of sulfone groups is 1. The molecule has 0 spiro atoms. The largest absolute Gasteiger partial charge is 0.348 e. The zero-order valence-electron chi connectivity index (χ0n) is 16.5. The van der Waals surface area contributed by atoms with Gasteiger partial charge >= 0.3 is 0 Å². The van der Waals surface area contributed by atoms with Gasteiger partial charge in [-0.25, -0.2) is 8.42 Å². The van der Waals surface area contributed by atoms with E-state index in [0.717, 1.165) is 5.56 Å². The molecular weight excluding hydrogens is 372 g/mol. The van der Waals surface area contributed by atoms with Crippen molar-refractivity contribution in [1.29, 1.82) is 5.26 Å². The molecule has 0 aliphatic heterocycles. The molecule has 2 aromatic rings. The van der Waals surface area contributed by atoms with E-state index in [0.29, 0.717) is 17.5 Å². The van der Waals surface area contributed by atoms with Crippen LogP contribution >= 0.6 is 0 Å². The molecular formula is C22H26N2O3S. The minimum atomic E-state index is -3.62. The second-order valence-corrected chi connectivity index (χ2v) is 10.2. The summed E-state index contributed by atoms with van der Waals surface area (Å²) in [5, 5.41) is 11.7. The van der Waals surface area contributed by atoms with E-state index in [2.05, 4.69) is 26.1 Å². The molecule has 0 aromatic heterocycles. The highest BCUT2D eigenvalue weighted by molar-refractivity contribution is 7.91. The Labute approximate surface area is 167 Å². The molecule has 1 amide bonds. The third-order valence-corrected chi connectivity index (χ3v) is 5.65. The average molecular weight is 399 g/mol. The normalized spacial score (nSPS) is 12.8. The first-order valence-corrected chi connectivity index (χ1v) is 10.9. The van der Waals surface area contributed by atoms with Crippen molar-refractivity contribution in [2.75, 3.05) is 5.75 Å². The SMILES string of the molecule is CC(C)(C)CC(NC(=O)CS(=O)(=O)Cc1ccc(C#N)cc1)c1ccccc1. The third-order valence-electron chi connectivity index (χ3n) is 4.17. The van der Waals surface area contributed by atoms with E-state index in [-0.39, 0.29) is 17.2 Å². The number of nitriles is 1. The molecule has 5 nitrogen and oxygen atoms in total. The first kappa shape index (κ1) is 21.6. The van der Waals surface area contributed by atoms with Crippen LogP contribution in [0.1, 0.15) is 49.9 Å². The van der Waals surface area contributed by atoms with E-state index in [4.69, 9.17) is 5.26 Å². The summed E-state index contributed by atoms with van der Waals surface area (Å²) in [6.45, 7) is 6.24. The van der Waals surface area contributed by atoms with Crippen LogP contribution in [0.4, 0.5) is 0 Å². The molecule has 28 heavy (non-hydrogen) atoms. The first-order chi connectivity index (χ1) is 13.1. The summed E-state index contributed by atoms with van der Waals surface area (Å²) < 4.78 is 24.9. The van der Waals surface area contributed by atoms with Crippen LogP contribution < -0.4 is 5.32 Å². The first-order valence-electron chi connectivity index (χ1n) is 9.12. The third kappa shape index (κ3) is 7.16. The Hall–Kier alpha value is -2.65. The number of carbonyl (C=O) groups is 1. The van der Waals surface area contributed by atoms with Crippen molar-refractivity contribution < 1.29 is 13.2 Å². The fraction of sp³-hybridized carbons (Fsp3) is 0.364. The van der Waals surface area contributed by atoms with Crippen LogP contribution in [-0.2, 0) is 20.4 Å². The highest BCUT2D eigenvalue weighted by atomic mass is 32.2. The Balaban J connectivity index is 2.07. The van der Waals surface area contributed by atoms with Crippen LogP contribution in [-0.4, -0.2) is 20.1 Å². The minimum Gasteiger partial charge on any atom is -0.348 e. The van der Waals surface area contributed by atoms with Gasteiger partial charge in [0.05, 0.1) is 23.4 Å². The molecule has 0 heterocycles. The fourth-order valence-electron chi connectivity index (χ4n) is 2.97. The molecule has 1 N–H and O–H groups in total. The van der Waals surface area contributed by atoms with Gasteiger partial charge in [0.25, 0.3) is 0 Å². The molecule has 0 saturated carbocycles. The van der Waals surface area contributed by atoms with Crippen LogP contribution in [0, 0.1) is 16.7 Å². The van der Waals surface area contributed by atoms with Gasteiger partial charge in [0.2, 0.25) is 5.91 Å². The van der Waals surface area contributed by atoms with Gasteiger partial charge in [0.15, 0.2) is 9.84 Å².